The number of nitrogens with zero attached hydrogens (tertiary/aromatic N) is 3. The topological polar surface area (TPSA) is 98.0 Å². The molecule has 136 valence electrons. The highest BCUT2D eigenvalue weighted by molar-refractivity contribution is 6.31. The molecule has 3 rings (SSSR count). The maximum absolute atomic E-state index is 6.06. The molecule has 2 aromatic carbocycles. The minimum absolute atomic E-state index is 0.151. The number of para-hydroxylation sites is 2. The number of nitrogens with two attached hydrogens (primary N) is 1. The summed E-state index contributed by atoms with van der Waals surface area (Å²) in [6.45, 7) is 4.00. The number of anilines is 5. The number of ether oxygens (including phenoxy) is 1. The van der Waals surface area contributed by atoms with Crippen molar-refractivity contribution in [1.29, 1.82) is 0 Å². The minimum atomic E-state index is 0.151. The molecule has 0 fully saturated rings. The fourth-order valence-electron chi connectivity index (χ4n) is 1.99. The largest absolute Gasteiger partial charge is 0.497 e. The maximum Gasteiger partial charge on any atom is 0.249 e. The molecule has 1 heterocycles. The number of nitrogens with one attached hydrogen (secondary N) is 2. The van der Waals surface area contributed by atoms with Crippen LogP contribution in [0.15, 0.2) is 48.5 Å². The van der Waals surface area contributed by atoms with Crippen molar-refractivity contribution in [3.05, 3.63) is 53.7 Å². The van der Waals surface area contributed by atoms with Gasteiger partial charge < -0.3 is 21.1 Å². The lowest BCUT2D eigenvalue weighted by molar-refractivity contribution is 0.415. The van der Waals surface area contributed by atoms with Gasteiger partial charge in [-0.3, -0.25) is 0 Å². The van der Waals surface area contributed by atoms with Crippen LogP contribution in [0.1, 0.15) is 13.8 Å². The summed E-state index contributed by atoms with van der Waals surface area (Å²) in [5, 5.41) is 14.1. The summed E-state index contributed by atoms with van der Waals surface area (Å²) in [4.78, 5) is 4.33. The van der Waals surface area contributed by atoms with Crippen LogP contribution in [-0.4, -0.2) is 22.3 Å². The summed E-state index contributed by atoms with van der Waals surface area (Å²) in [6.07, 6.45) is 0. The summed E-state index contributed by atoms with van der Waals surface area (Å²) in [7, 11) is 1.61. The summed E-state index contributed by atoms with van der Waals surface area (Å²) in [6, 6.07) is 14.7. The molecular formula is C18H21ClN6O. The first-order valence-corrected chi connectivity index (χ1v) is 8.46. The van der Waals surface area contributed by atoms with Gasteiger partial charge in [0.05, 0.1) is 18.5 Å². The Balaban J connectivity index is 0.00000117. The second-order valence-corrected chi connectivity index (χ2v) is 5.20. The van der Waals surface area contributed by atoms with Gasteiger partial charge in [-0.05, 0) is 36.4 Å². The molecule has 26 heavy (non-hydrogen) atoms. The van der Waals surface area contributed by atoms with Crippen LogP contribution in [0.4, 0.5) is 28.8 Å². The number of rotatable bonds is 5. The van der Waals surface area contributed by atoms with Crippen LogP contribution >= 0.6 is 11.6 Å². The van der Waals surface area contributed by atoms with Gasteiger partial charge in [0, 0.05) is 5.69 Å². The lowest BCUT2D eigenvalue weighted by atomic mass is 10.3. The second kappa shape index (κ2) is 9.43. The number of hydrogen-bond acceptors (Lipinski definition) is 7. The zero-order valence-corrected chi connectivity index (χ0v) is 15.6. The SMILES string of the molecule is CC.COc1ccc(Nc2nnc(Cl)c(Nc3ccccc3N)n2)cc1. The number of nitrogen functional groups attached to an aromatic ring is 1. The number of benzene rings is 2. The molecule has 7 nitrogen and oxygen atoms in total. The van der Waals surface area contributed by atoms with E-state index < -0.39 is 0 Å². The number of methoxy groups -OCH3 is 1. The first-order valence-electron chi connectivity index (χ1n) is 8.08. The standard InChI is InChI=1S/C16H15ClN6O.C2H6/c1-24-11-8-6-10(7-9-11)19-16-21-15(14(17)22-23-16)20-13-5-3-2-4-12(13)18;1-2/h2-9H,18H2,1H3,(H2,19,20,21,23);1-2H3. The molecular weight excluding hydrogens is 352 g/mol. The van der Waals surface area contributed by atoms with Crippen molar-refractivity contribution in [2.24, 2.45) is 0 Å². The van der Waals surface area contributed by atoms with E-state index in [0.717, 1.165) is 11.4 Å². The van der Waals surface area contributed by atoms with Gasteiger partial charge in [0.15, 0.2) is 11.0 Å². The van der Waals surface area contributed by atoms with Crippen LogP contribution in [0.3, 0.4) is 0 Å². The Kier molecular flexibility index (Phi) is 6.99. The molecule has 0 radical (unpaired) electrons. The zero-order chi connectivity index (χ0) is 18.9. The van der Waals surface area contributed by atoms with Gasteiger partial charge in [0.25, 0.3) is 0 Å². The van der Waals surface area contributed by atoms with E-state index in [1.807, 2.05) is 56.3 Å². The van der Waals surface area contributed by atoms with Crippen LogP contribution in [0.5, 0.6) is 5.75 Å². The maximum atomic E-state index is 6.06. The third kappa shape index (κ3) is 4.97. The fourth-order valence-corrected chi connectivity index (χ4v) is 2.11. The smallest absolute Gasteiger partial charge is 0.249 e. The van der Waals surface area contributed by atoms with E-state index in [1.165, 1.54) is 0 Å². The number of aromatic nitrogens is 3. The molecule has 0 aliphatic carbocycles. The molecule has 4 N–H and O–H groups in total. The van der Waals surface area contributed by atoms with Crippen molar-refractivity contribution >= 4 is 40.4 Å². The second-order valence-electron chi connectivity index (χ2n) is 4.84. The quantitative estimate of drug-likeness (QED) is 0.561. The summed E-state index contributed by atoms with van der Waals surface area (Å²) >= 11 is 6.06. The van der Waals surface area contributed by atoms with Crippen molar-refractivity contribution in [3.63, 3.8) is 0 Å². The first kappa shape index (κ1) is 19.3. The van der Waals surface area contributed by atoms with Crippen LogP contribution in [0.2, 0.25) is 5.15 Å². The zero-order valence-electron chi connectivity index (χ0n) is 14.8. The molecule has 3 aromatic rings. The molecule has 0 saturated carbocycles. The monoisotopic (exact) mass is 372 g/mol. The van der Waals surface area contributed by atoms with Crippen molar-refractivity contribution in [2.45, 2.75) is 13.8 Å². The van der Waals surface area contributed by atoms with Crippen molar-refractivity contribution in [3.8, 4) is 5.75 Å². The Morgan fingerprint density at radius 2 is 1.65 bits per heavy atom. The number of halogens is 1. The predicted molar refractivity (Wildman–Crippen MR) is 107 cm³/mol. The van der Waals surface area contributed by atoms with Crippen molar-refractivity contribution in [1.82, 2.24) is 15.2 Å². The fraction of sp³-hybridized carbons (Fsp3) is 0.167. The van der Waals surface area contributed by atoms with E-state index in [-0.39, 0.29) is 5.15 Å². The van der Waals surface area contributed by atoms with Gasteiger partial charge >= 0.3 is 0 Å². The van der Waals surface area contributed by atoms with Gasteiger partial charge in [-0.2, -0.15) is 4.98 Å². The summed E-state index contributed by atoms with van der Waals surface area (Å²) in [5.74, 6) is 1.43. The minimum Gasteiger partial charge on any atom is -0.497 e. The average Bonchev–Trinajstić information content (AvgIpc) is 2.68. The summed E-state index contributed by atoms with van der Waals surface area (Å²) in [5.41, 5.74) is 7.98. The lowest BCUT2D eigenvalue weighted by Gasteiger charge is -2.11. The third-order valence-corrected chi connectivity index (χ3v) is 3.46. The molecule has 1 aromatic heterocycles. The molecule has 0 unspecified atom stereocenters. The Bertz CT molecular complexity index is 841. The van der Waals surface area contributed by atoms with E-state index in [2.05, 4.69) is 25.8 Å². The molecule has 0 spiro atoms. The summed E-state index contributed by atoms with van der Waals surface area (Å²) < 4.78 is 5.12. The normalized spacial score (nSPS) is 9.69. The van der Waals surface area contributed by atoms with Gasteiger partial charge in [-0.25, -0.2) is 0 Å². The van der Waals surface area contributed by atoms with Crippen LogP contribution in [0.25, 0.3) is 0 Å². The van der Waals surface area contributed by atoms with E-state index in [1.54, 1.807) is 13.2 Å². The van der Waals surface area contributed by atoms with Crippen LogP contribution in [-0.2, 0) is 0 Å². The first-order chi connectivity index (χ1) is 12.7. The van der Waals surface area contributed by atoms with Gasteiger partial charge in [-0.1, -0.05) is 37.6 Å². The molecule has 0 bridgehead atoms. The van der Waals surface area contributed by atoms with Gasteiger partial charge in [-0.15, -0.1) is 10.2 Å². The van der Waals surface area contributed by atoms with Gasteiger partial charge in [0.1, 0.15) is 5.75 Å². The highest BCUT2D eigenvalue weighted by Gasteiger charge is 2.09. The highest BCUT2D eigenvalue weighted by atomic mass is 35.5. The lowest BCUT2D eigenvalue weighted by Crippen LogP contribution is -2.04. The predicted octanol–water partition coefficient (Wildman–Crippen LogP) is 4.63. The Morgan fingerprint density at radius 1 is 0.962 bits per heavy atom. The third-order valence-electron chi connectivity index (χ3n) is 3.21. The van der Waals surface area contributed by atoms with E-state index >= 15 is 0 Å². The van der Waals surface area contributed by atoms with E-state index in [4.69, 9.17) is 22.1 Å². The Hall–Kier alpha value is -3.06. The highest BCUT2D eigenvalue weighted by Crippen LogP contribution is 2.26. The molecule has 0 amide bonds. The molecule has 0 saturated heterocycles. The molecule has 0 atom stereocenters. The molecule has 8 heteroatoms. The Labute approximate surface area is 157 Å². The van der Waals surface area contributed by atoms with Gasteiger partial charge in [0.2, 0.25) is 5.95 Å². The van der Waals surface area contributed by atoms with Crippen molar-refractivity contribution in [2.75, 3.05) is 23.5 Å². The van der Waals surface area contributed by atoms with Crippen LogP contribution < -0.4 is 21.1 Å². The average molecular weight is 373 g/mol. The van der Waals surface area contributed by atoms with E-state index in [0.29, 0.717) is 23.1 Å². The Morgan fingerprint density at radius 3 is 2.31 bits per heavy atom. The van der Waals surface area contributed by atoms with Crippen LogP contribution in [0, 0.1) is 0 Å². The molecule has 0 aliphatic heterocycles. The van der Waals surface area contributed by atoms with E-state index in [9.17, 15) is 0 Å². The van der Waals surface area contributed by atoms with Crippen molar-refractivity contribution < 1.29 is 4.74 Å². The number of hydrogen-bond donors (Lipinski definition) is 3. The molecule has 0 aliphatic rings.